The van der Waals surface area contributed by atoms with Crippen LogP contribution in [0.3, 0.4) is 0 Å². The van der Waals surface area contributed by atoms with Gasteiger partial charge in [-0.05, 0) is 75.3 Å². The zero-order valence-electron chi connectivity index (χ0n) is 13.6. The molecule has 1 aliphatic carbocycles. The van der Waals surface area contributed by atoms with Gasteiger partial charge in [0.2, 0.25) is 0 Å². The molecule has 6 heteroatoms. The summed E-state index contributed by atoms with van der Waals surface area (Å²) in [6.07, 6.45) is 3.45. The largest absolute Gasteiger partial charge is 0.497 e. The number of hydrogen-bond donors (Lipinski definition) is 1. The lowest BCUT2D eigenvalue weighted by Gasteiger charge is -2.20. The van der Waals surface area contributed by atoms with E-state index in [4.69, 9.17) is 10.5 Å². The molecule has 1 aliphatic rings. The SMILES string of the molecule is COc1cc(C)c(S(=O)(=O)C(CCCN)C2CC2)c(C)c1.O. The topological polar surface area (TPSA) is 101 Å². The van der Waals surface area contributed by atoms with Crippen molar-refractivity contribution in [2.45, 2.75) is 49.7 Å². The van der Waals surface area contributed by atoms with Gasteiger partial charge in [0.15, 0.2) is 9.84 Å². The van der Waals surface area contributed by atoms with Gasteiger partial charge in [0, 0.05) is 0 Å². The van der Waals surface area contributed by atoms with E-state index in [0.29, 0.717) is 29.5 Å². The van der Waals surface area contributed by atoms with Crippen LogP contribution in [0.2, 0.25) is 0 Å². The molecular formula is C16H27NO4S. The molecule has 0 aliphatic heterocycles. The fourth-order valence-corrected chi connectivity index (χ4v) is 5.63. The summed E-state index contributed by atoms with van der Waals surface area (Å²) < 4.78 is 31.4. The van der Waals surface area contributed by atoms with Crippen molar-refractivity contribution in [3.05, 3.63) is 23.3 Å². The monoisotopic (exact) mass is 329 g/mol. The maximum Gasteiger partial charge on any atom is 0.182 e. The molecule has 1 unspecified atom stereocenters. The number of methoxy groups -OCH3 is 1. The molecule has 22 heavy (non-hydrogen) atoms. The summed E-state index contributed by atoms with van der Waals surface area (Å²) in [6, 6.07) is 3.60. The Balaban J connectivity index is 0.00000242. The van der Waals surface area contributed by atoms with Gasteiger partial charge in [-0.3, -0.25) is 0 Å². The lowest BCUT2D eigenvalue weighted by atomic mass is 10.1. The second kappa shape index (κ2) is 7.44. The van der Waals surface area contributed by atoms with Gasteiger partial charge in [-0.25, -0.2) is 8.42 Å². The minimum Gasteiger partial charge on any atom is -0.497 e. The molecule has 126 valence electrons. The Morgan fingerprint density at radius 1 is 1.27 bits per heavy atom. The maximum atomic E-state index is 13.1. The van der Waals surface area contributed by atoms with Gasteiger partial charge in [0.05, 0.1) is 17.3 Å². The summed E-state index contributed by atoms with van der Waals surface area (Å²) in [6.45, 7) is 4.23. The van der Waals surface area contributed by atoms with Crippen LogP contribution < -0.4 is 10.5 Å². The molecule has 0 radical (unpaired) electrons. The Labute approximate surface area is 133 Å². The van der Waals surface area contributed by atoms with Crippen LogP contribution in [0.1, 0.15) is 36.8 Å². The van der Waals surface area contributed by atoms with E-state index in [-0.39, 0.29) is 10.7 Å². The molecule has 0 saturated heterocycles. The van der Waals surface area contributed by atoms with Crippen molar-refractivity contribution in [2.75, 3.05) is 13.7 Å². The quantitative estimate of drug-likeness (QED) is 0.823. The molecular weight excluding hydrogens is 302 g/mol. The summed E-state index contributed by atoms with van der Waals surface area (Å²) in [4.78, 5) is 0.484. The van der Waals surface area contributed by atoms with E-state index in [1.807, 2.05) is 13.8 Å². The van der Waals surface area contributed by atoms with Crippen molar-refractivity contribution in [1.82, 2.24) is 0 Å². The first-order valence-electron chi connectivity index (χ1n) is 7.51. The van der Waals surface area contributed by atoms with Crippen LogP contribution in [-0.2, 0) is 9.84 Å². The fraction of sp³-hybridized carbons (Fsp3) is 0.625. The van der Waals surface area contributed by atoms with Crippen molar-refractivity contribution in [3.8, 4) is 5.75 Å². The molecule has 1 fully saturated rings. The first-order chi connectivity index (χ1) is 9.91. The van der Waals surface area contributed by atoms with Gasteiger partial charge >= 0.3 is 0 Å². The highest BCUT2D eigenvalue weighted by atomic mass is 32.2. The maximum absolute atomic E-state index is 13.1. The van der Waals surface area contributed by atoms with Gasteiger partial charge in [-0.2, -0.15) is 0 Å². The minimum atomic E-state index is -3.31. The van der Waals surface area contributed by atoms with Crippen LogP contribution in [0.5, 0.6) is 5.75 Å². The molecule has 0 bridgehead atoms. The number of aryl methyl sites for hydroxylation is 2. The fourth-order valence-electron chi connectivity index (χ4n) is 3.06. The van der Waals surface area contributed by atoms with E-state index in [2.05, 4.69) is 0 Å². The predicted molar refractivity (Wildman–Crippen MR) is 88.1 cm³/mol. The number of hydrogen-bond acceptors (Lipinski definition) is 4. The average Bonchev–Trinajstić information content (AvgIpc) is 3.22. The first kappa shape index (κ1) is 18.9. The lowest BCUT2D eigenvalue weighted by molar-refractivity contribution is 0.413. The zero-order valence-corrected chi connectivity index (χ0v) is 14.4. The number of sulfone groups is 1. The first-order valence-corrected chi connectivity index (χ1v) is 9.05. The second-order valence-electron chi connectivity index (χ2n) is 5.94. The van der Waals surface area contributed by atoms with E-state index in [1.165, 1.54) is 0 Å². The molecule has 1 aromatic carbocycles. The molecule has 1 atom stereocenters. The standard InChI is InChI=1S/C16H25NO3S.H2O/c1-11-9-14(20-3)10-12(2)16(11)21(18,19)15(5-4-8-17)13-6-7-13;/h9-10,13,15H,4-8,17H2,1-3H3;1H2. The van der Waals surface area contributed by atoms with Crippen LogP contribution in [-0.4, -0.2) is 32.8 Å². The summed E-state index contributed by atoms with van der Waals surface area (Å²) in [5.74, 6) is 1.01. The smallest absolute Gasteiger partial charge is 0.182 e. The van der Waals surface area contributed by atoms with E-state index in [0.717, 1.165) is 30.4 Å². The van der Waals surface area contributed by atoms with Crippen LogP contribution in [0.25, 0.3) is 0 Å². The van der Waals surface area contributed by atoms with Gasteiger partial charge in [-0.15, -0.1) is 0 Å². The third-order valence-electron chi connectivity index (χ3n) is 4.19. The molecule has 0 heterocycles. The molecule has 0 spiro atoms. The molecule has 4 N–H and O–H groups in total. The summed E-state index contributed by atoms with van der Waals surface area (Å²) in [5, 5.41) is -0.285. The van der Waals surface area contributed by atoms with Crippen molar-refractivity contribution in [3.63, 3.8) is 0 Å². The number of nitrogens with two attached hydrogens (primary N) is 1. The predicted octanol–water partition coefficient (Wildman–Crippen LogP) is 1.78. The van der Waals surface area contributed by atoms with Gasteiger partial charge in [-0.1, -0.05) is 0 Å². The molecule has 0 amide bonds. The Morgan fingerprint density at radius 2 is 1.82 bits per heavy atom. The number of ether oxygens (including phenoxy) is 1. The van der Waals surface area contributed by atoms with E-state index in [9.17, 15) is 8.42 Å². The van der Waals surface area contributed by atoms with Crippen LogP contribution in [0.4, 0.5) is 0 Å². The van der Waals surface area contributed by atoms with E-state index in [1.54, 1.807) is 19.2 Å². The second-order valence-corrected chi connectivity index (χ2v) is 8.05. The number of benzene rings is 1. The van der Waals surface area contributed by atoms with Crippen molar-refractivity contribution < 1.29 is 18.6 Å². The molecule has 2 rings (SSSR count). The molecule has 1 saturated carbocycles. The van der Waals surface area contributed by atoms with Crippen molar-refractivity contribution in [2.24, 2.45) is 11.7 Å². The van der Waals surface area contributed by atoms with Crippen LogP contribution in [0, 0.1) is 19.8 Å². The van der Waals surface area contributed by atoms with E-state index < -0.39 is 9.84 Å². The number of rotatable bonds is 7. The highest BCUT2D eigenvalue weighted by Crippen LogP contribution is 2.42. The van der Waals surface area contributed by atoms with Crippen molar-refractivity contribution >= 4 is 9.84 Å². The van der Waals surface area contributed by atoms with E-state index >= 15 is 0 Å². The highest BCUT2D eigenvalue weighted by Gasteiger charge is 2.41. The summed E-state index contributed by atoms with van der Waals surface area (Å²) in [5.41, 5.74) is 7.10. The minimum absolute atomic E-state index is 0. The Kier molecular flexibility index (Phi) is 6.40. The lowest BCUT2D eigenvalue weighted by Crippen LogP contribution is -2.26. The van der Waals surface area contributed by atoms with Crippen LogP contribution in [0.15, 0.2) is 17.0 Å². The summed E-state index contributed by atoms with van der Waals surface area (Å²) >= 11 is 0. The Morgan fingerprint density at radius 3 is 2.23 bits per heavy atom. The third kappa shape index (κ3) is 3.80. The Hall–Kier alpha value is -1.11. The normalized spacial score (nSPS) is 16.0. The Bertz CT molecular complexity index is 586. The van der Waals surface area contributed by atoms with Gasteiger partial charge in [0.1, 0.15) is 5.75 Å². The zero-order chi connectivity index (χ0) is 15.6. The van der Waals surface area contributed by atoms with Crippen molar-refractivity contribution in [1.29, 1.82) is 0 Å². The third-order valence-corrected chi connectivity index (χ3v) is 6.82. The molecule has 0 aromatic heterocycles. The highest BCUT2D eigenvalue weighted by molar-refractivity contribution is 7.92. The van der Waals surface area contributed by atoms with Crippen LogP contribution >= 0.6 is 0 Å². The summed E-state index contributed by atoms with van der Waals surface area (Å²) in [7, 11) is -1.71. The molecule has 1 aromatic rings. The average molecular weight is 329 g/mol. The van der Waals surface area contributed by atoms with Gasteiger partial charge in [0.25, 0.3) is 0 Å². The molecule has 5 nitrogen and oxygen atoms in total. The van der Waals surface area contributed by atoms with Gasteiger partial charge < -0.3 is 15.9 Å².